The summed E-state index contributed by atoms with van der Waals surface area (Å²) in [6.45, 7) is 1.81. The second-order valence-corrected chi connectivity index (χ2v) is 6.99. The van der Waals surface area contributed by atoms with Crippen molar-refractivity contribution in [2.24, 2.45) is 0 Å². The van der Waals surface area contributed by atoms with Crippen LogP contribution in [0.25, 0.3) is 0 Å². The molecule has 3 aromatic carbocycles. The van der Waals surface area contributed by atoms with Crippen LogP contribution in [0, 0.1) is 0 Å². The molecule has 172 valence electrons. The van der Waals surface area contributed by atoms with Gasteiger partial charge < -0.3 is 14.6 Å². The fraction of sp³-hybridized carbons (Fsp3) is 0.0833. The molecular weight excluding hydrogens is 450 g/mol. The van der Waals surface area contributed by atoms with Gasteiger partial charge in [0.15, 0.2) is 0 Å². The van der Waals surface area contributed by atoms with E-state index in [1.54, 1.807) is 12.1 Å². The van der Waals surface area contributed by atoms with Crippen molar-refractivity contribution in [2.45, 2.75) is 12.3 Å². The zero-order valence-electron chi connectivity index (χ0n) is 17.0. The van der Waals surface area contributed by atoms with Gasteiger partial charge in [0.25, 0.3) is 0 Å². The lowest BCUT2D eigenvalue weighted by molar-refractivity contribution is 0.241. The smallest absolute Gasteiger partial charge is 0.344 e. The third kappa shape index (κ3) is 5.31. The minimum Gasteiger partial charge on any atom is -0.508 e. The Labute approximate surface area is 184 Å². The molecule has 0 saturated carbocycles. The SMILES string of the molecule is CC(c1ccc(O)cc1)(c1ccc(OC(F)=C(F)F)cc1)c1ccc(OC(F)=C(F)F)cc1. The third-order valence-corrected chi connectivity index (χ3v) is 5.02. The van der Waals surface area contributed by atoms with Crippen LogP contribution in [0.2, 0.25) is 0 Å². The molecule has 0 amide bonds. The average Bonchev–Trinajstić information content (AvgIpc) is 2.79. The van der Waals surface area contributed by atoms with Gasteiger partial charge in [-0.25, -0.2) is 0 Å². The summed E-state index contributed by atoms with van der Waals surface area (Å²) >= 11 is 0. The summed E-state index contributed by atoms with van der Waals surface area (Å²) < 4.78 is 84.3. The molecule has 1 N–H and O–H groups in total. The molecule has 0 heterocycles. The fourth-order valence-corrected chi connectivity index (χ4v) is 3.29. The van der Waals surface area contributed by atoms with Crippen molar-refractivity contribution in [2.75, 3.05) is 0 Å². The Morgan fingerprint density at radius 2 is 0.879 bits per heavy atom. The summed E-state index contributed by atoms with van der Waals surface area (Å²) in [6, 6.07) is 13.6. The first kappa shape index (κ1) is 23.8. The van der Waals surface area contributed by atoms with Gasteiger partial charge in [0.05, 0.1) is 0 Å². The Kier molecular flexibility index (Phi) is 7.01. The van der Waals surface area contributed by atoms with E-state index in [0.717, 1.165) is 0 Å². The summed E-state index contributed by atoms with van der Waals surface area (Å²) in [4.78, 5) is 0. The highest BCUT2D eigenvalue weighted by Gasteiger charge is 2.31. The molecule has 33 heavy (non-hydrogen) atoms. The molecule has 0 fully saturated rings. The molecular formula is C24H16F6O3. The second-order valence-electron chi connectivity index (χ2n) is 6.99. The summed E-state index contributed by atoms with van der Waals surface area (Å²) in [5, 5.41) is 9.66. The molecule has 3 nitrogen and oxygen atoms in total. The number of rotatable bonds is 7. The maximum atomic E-state index is 13.1. The lowest BCUT2D eigenvalue weighted by Crippen LogP contribution is -2.25. The zero-order chi connectivity index (χ0) is 24.2. The number of phenols is 1. The van der Waals surface area contributed by atoms with E-state index in [2.05, 4.69) is 9.47 Å². The Bertz CT molecular complexity index is 1090. The monoisotopic (exact) mass is 466 g/mol. The minimum absolute atomic E-state index is 0.0274. The van der Waals surface area contributed by atoms with Crippen LogP contribution < -0.4 is 9.47 Å². The van der Waals surface area contributed by atoms with Crippen LogP contribution in [0.15, 0.2) is 97.0 Å². The van der Waals surface area contributed by atoms with E-state index in [1.807, 2.05) is 6.92 Å². The molecule has 0 spiro atoms. The summed E-state index contributed by atoms with van der Waals surface area (Å²) in [7, 11) is 0. The summed E-state index contributed by atoms with van der Waals surface area (Å²) in [5.41, 5.74) is 1.04. The number of hydrogen-bond donors (Lipinski definition) is 1. The van der Waals surface area contributed by atoms with Gasteiger partial charge in [0.2, 0.25) is 0 Å². The molecule has 0 unspecified atom stereocenters. The van der Waals surface area contributed by atoms with Gasteiger partial charge in [0.1, 0.15) is 17.2 Å². The van der Waals surface area contributed by atoms with Gasteiger partial charge >= 0.3 is 24.2 Å². The number of benzene rings is 3. The Morgan fingerprint density at radius 1 is 0.576 bits per heavy atom. The van der Waals surface area contributed by atoms with Crippen LogP contribution >= 0.6 is 0 Å². The molecule has 0 aliphatic carbocycles. The Morgan fingerprint density at radius 3 is 1.18 bits per heavy atom. The van der Waals surface area contributed by atoms with E-state index in [4.69, 9.17) is 0 Å². The van der Waals surface area contributed by atoms with Crippen molar-refractivity contribution in [1.29, 1.82) is 0 Å². The van der Waals surface area contributed by atoms with E-state index < -0.39 is 29.6 Å². The Balaban J connectivity index is 2.04. The molecule has 0 aliphatic rings. The van der Waals surface area contributed by atoms with Crippen molar-refractivity contribution < 1.29 is 40.9 Å². The van der Waals surface area contributed by atoms with Gasteiger partial charge in [-0.1, -0.05) is 36.4 Å². The first-order valence-electron chi connectivity index (χ1n) is 9.39. The van der Waals surface area contributed by atoms with E-state index >= 15 is 0 Å². The van der Waals surface area contributed by atoms with Crippen molar-refractivity contribution in [3.05, 3.63) is 114 Å². The standard InChI is InChI=1S/C24H16F6O3/c1-24(14-2-8-17(31)9-3-14,15-4-10-18(11-5-15)32-22(29)20(25)26)16-6-12-19(13-7-16)33-23(30)21(27)28/h2-13,31H,1H3. The highest BCUT2D eigenvalue weighted by atomic mass is 19.3. The molecule has 0 radical (unpaired) electrons. The predicted molar refractivity (Wildman–Crippen MR) is 109 cm³/mol. The van der Waals surface area contributed by atoms with Crippen LogP contribution in [0.1, 0.15) is 23.6 Å². The topological polar surface area (TPSA) is 38.7 Å². The van der Waals surface area contributed by atoms with E-state index in [1.165, 1.54) is 60.7 Å². The van der Waals surface area contributed by atoms with E-state index in [9.17, 15) is 31.4 Å². The van der Waals surface area contributed by atoms with Crippen LogP contribution in [-0.2, 0) is 5.41 Å². The fourth-order valence-electron chi connectivity index (χ4n) is 3.29. The third-order valence-electron chi connectivity index (χ3n) is 5.02. The largest absolute Gasteiger partial charge is 0.508 e. The first-order chi connectivity index (χ1) is 15.6. The maximum absolute atomic E-state index is 13.1. The molecule has 0 aliphatic heterocycles. The van der Waals surface area contributed by atoms with Gasteiger partial charge in [-0.15, -0.1) is 0 Å². The van der Waals surface area contributed by atoms with Gasteiger partial charge in [-0.05, 0) is 60.0 Å². The second kappa shape index (κ2) is 9.72. The molecule has 3 aromatic rings. The van der Waals surface area contributed by atoms with Crippen LogP contribution in [-0.4, -0.2) is 5.11 Å². The zero-order valence-corrected chi connectivity index (χ0v) is 17.0. The Hall–Kier alpha value is -3.88. The number of hydrogen-bond acceptors (Lipinski definition) is 3. The molecule has 0 saturated heterocycles. The van der Waals surface area contributed by atoms with Crippen molar-refractivity contribution >= 4 is 0 Å². The van der Waals surface area contributed by atoms with E-state index in [0.29, 0.717) is 16.7 Å². The molecule has 9 heteroatoms. The molecule has 0 bridgehead atoms. The molecule has 3 rings (SSSR count). The molecule has 0 aromatic heterocycles. The quantitative estimate of drug-likeness (QED) is 0.222. The average molecular weight is 466 g/mol. The normalized spacial score (nSPS) is 11.0. The number of ether oxygens (including phenoxy) is 2. The van der Waals surface area contributed by atoms with Crippen LogP contribution in [0.5, 0.6) is 17.2 Å². The summed E-state index contributed by atoms with van der Waals surface area (Å²) in [5.74, 6) is -0.285. The number of halogens is 6. The number of phenolic OH excluding ortho intramolecular Hbond substituents is 1. The minimum atomic E-state index is -2.59. The van der Waals surface area contributed by atoms with Gasteiger partial charge in [0, 0.05) is 5.41 Å². The van der Waals surface area contributed by atoms with Crippen LogP contribution in [0.3, 0.4) is 0 Å². The number of aromatic hydroxyl groups is 1. The van der Waals surface area contributed by atoms with Crippen molar-refractivity contribution in [3.8, 4) is 17.2 Å². The van der Waals surface area contributed by atoms with Crippen molar-refractivity contribution in [1.82, 2.24) is 0 Å². The van der Waals surface area contributed by atoms with Crippen molar-refractivity contribution in [3.63, 3.8) is 0 Å². The van der Waals surface area contributed by atoms with Crippen LogP contribution in [0.4, 0.5) is 26.3 Å². The van der Waals surface area contributed by atoms with Gasteiger partial charge in [-0.2, -0.15) is 26.3 Å². The lowest BCUT2D eigenvalue weighted by Gasteiger charge is -2.32. The highest BCUT2D eigenvalue weighted by molar-refractivity contribution is 5.52. The first-order valence-corrected chi connectivity index (χ1v) is 9.39. The maximum Gasteiger partial charge on any atom is 0.344 e. The summed E-state index contributed by atoms with van der Waals surface area (Å²) in [6.07, 6.45) is -5.18. The van der Waals surface area contributed by atoms with E-state index in [-0.39, 0.29) is 17.2 Å². The predicted octanol–water partition coefficient (Wildman–Crippen LogP) is 7.57. The molecule has 0 atom stereocenters. The highest BCUT2D eigenvalue weighted by Crippen LogP contribution is 2.40. The lowest BCUT2D eigenvalue weighted by atomic mass is 9.71. The van der Waals surface area contributed by atoms with Gasteiger partial charge in [-0.3, -0.25) is 0 Å².